The van der Waals surface area contributed by atoms with Crippen molar-refractivity contribution in [2.45, 2.75) is 6.92 Å². The zero-order valence-electron chi connectivity index (χ0n) is 13.1. The molecule has 4 aromatic rings. The van der Waals surface area contributed by atoms with E-state index < -0.39 is 0 Å². The Morgan fingerprint density at radius 3 is 2.38 bits per heavy atom. The van der Waals surface area contributed by atoms with Gasteiger partial charge in [-0.05, 0) is 25.1 Å². The topological polar surface area (TPSA) is 28.7 Å². The Bertz CT molecular complexity index is 986. The summed E-state index contributed by atoms with van der Waals surface area (Å²) in [4.78, 5) is 10.5. The second kappa shape index (κ2) is 6.27. The van der Waals surface area contributed by atoms with E-state index in [-0.39, 0.29) is 0 Å². The number of halogens is 1. The fraction of sp³-hybridized carbons (Fsp3) is 0.0500. The normalized spacial score (nSPS) is 10.9. The molecule has 0 radical (unpaired) electrons. The van der Waals surface area contributed by atoms with Gasteiger partial charge in [-0.3, -0.25) is 0 Å². The molecule has 2 nitrogen and oxygen atoms in total. The van der Waals surface area contributed by atoms with Gasteiger partial charge in [-0.25, -0.2) is 4.98 Å². The highest BCUT2D eigenvalue weighted by atomic mass is 35.5. The highest BCUT2D eigenvalue weighted by molar-refractivity contribution is 7.18. The largest absolute Gasteiger partial charge is 0.341 e. The minimum Gasteiger partial charge on any atom is -0.341 e. The molecule has 118 valence electrons. The summed E-state index contributed by atoms with van der Waals surface area (Å²) in [6.45, 7) is 2.06. The number of rotatable bonds is 3. The summed E-state index contributed by atoms with van der Waals surface area (Å²) in [6.07, 6.45) is 0. The van der Waals surface area contributed by atoms with Gasteiger partial charge in [-0.15, -0.1) is 11.3 Å². The summed E-state index contributed by atoms with van der Waals surface area (Å²) in [6, 6.07) is 22.3. The number of aryl methyl sites for hydroxylation is 1. The van der Waals surface area contributed by atoms with Crippen LogP contribution in [0.2, 0.25) is 5.02 Å². The van der Waals surface area contributed by atoms with E-state index in [9.17, 15) is 0 Å². The fourth-order valence-electron chi connectivity index (χ4n) is 2.73. The first-order valence-corrected chi connectivity index (χ1v) is 8.89. The molecule has 0 fully saturated rings. The SMILES string of the molecule is Cc1[nH]c(-c2ccc(-c3ccccc3Cl)s2)nc1-c1ccccc1. The lowest BCUT2D eigenvalue weighted by atomic mass is 10.1. The smallest absolute Gasteiger partial charge is 0.148 e. The third-order valence-corrected chi connectivity index (χ3v) is 5.37. The minimum atomic E-state index is 0.770. The molecule has 0 bridgehead atoms. The molecule has 0 atom stereocenters. The van der Waals surface area contributed by atoms with E-state index in [1.54, 1.807) is 11.3 Å². The van der Waals surface area contributed by atoms with Gasteiger partial charge in [0, 0.05) is 26.7 Å². The van der Waals surface area contributed by atoms with Crippen molar-refractivity contribution in [1.29, 1.82) is 0 Å². The molecule has 2 aromatic carbocycles. The van der Waals surface area contributed by atoms with E-state index in [1.807, 2.05) is 42.5 Å². The van der Waals surface area contributed by atoms with Crippen LogP contribution in [0.4, 0.5) is 0 Å². The van der Waals surface area contributed by atoms with Gasteiger partial charge in [0.2, 0.25) is 0 Å². The molecule has 0 aliphatic carbocycles. The van der Waals surface area contributed by atoms with Crippen molar-refractivity contribution in [1.82, 2.24) is 9.97 Å². The molecule has 0 aliphatic rings. The number of nitrogens with zero attached hydrogens (tertiary/aromatic N) is 1. The van der Waals surface area contributed by atoms with Crippen LogP contribution in [0.1, 0.15) is 5.69 Å². The molecule has 0 unspecified atom stereocenters. The van der Waals surface area contributed by atoms with Crippen LogP contribution in [-0.4, -0.2) is 9.97 Å². The Balaban J connectivity index is 1.72. The average molecular weight is 351 g/mol. The maximum atomic E-state index is 6.31. The molecular formula is C20H15ClN2S. The minimum absolute atomic E-state index is 0.770. The highest BCUT2D eigenvalue weighted by Gasteiger charge is 2.13. The van der Waals surface area contributed by atoms with E-state index in [0.717, 1.165) is 43.1 Å². The zero-order chi connectivity index (χ0) is 16.5. The number of thiophene rings is 1. The van der Waals surface area contributed by atoms with Crippen LogP contribution in [-0.2, 0) is 0 Å². The number of hydrogen-bond acceptors (Lipinski definition) is 2. The van der Waals surface area contributed by atoms with Crippen molar-refractivity contribution in [3.05, 3.63) is 77.4 Å². The molecule has 0 saturated carbocycles. The van der Waals surface area contributed by atoms with Crippen LogP contribution >= 0.6 is 22.9 Å². The van der Waals surface area contributed by atoms with Gasteiger partial charge in [0.15, 0.2) is 0 Å². The number of imidazole rings is 1. The van der Waals surface area contributed by atoms with Gasteiger partial charge in [0.25, 0.3) is 0 Å². The Morgan fingerprint density at radius 1 is 0.875 bits per heavy atom. The Kier molecular flexibility index (Phi) is 3.97. The second-order valence-corrected chi connectivity index (χ2v) is 7.06. The number of aromatic amines is 1. The molecule has 1 N–H and O–H groups in total. The maximum Gasteiger partial charge on any atom is 0.148 e. The molecule has 0 saturated heterocycles. The van der Waals surface area contributed by atoms with Gasteiger partial charge in [0.1, 0.15) is 5.82 Å². The van der Waals surface area contributed by atoms with Crippen molar-refractivity contribution in [3.63, 3.8) is 0 Å². The highest BCUT2D eigenvalue weighted by Crippen LogP contribution is 2.37. The summed E-state index contributed by atoms with van der Waals surface area (Å²) in [7, 11) is 0. The number of benzene rings is 2. The van der Waals surface area contributed by atoms with Crippen molar-refractivity contribution in [3.8, 4) is 32.4 Å². The van der Waals surface area contributed by atoms with Gasteiger partial charge < -0.3 is 4.98 Å². The standard InChI is InChI=1S/C20H15ClN2S/c1-13-19(14-7-3-2-4-8-14)23-20(22-13)18-12-11-17(24-18)15-9-5-6-10-16(15)21/h2-12H,1H3,(H,22,23). The van der Waals surface area contributed by atoms with Crippen LogP contribution in [0.5, 0.6) is 0 Å². The number of H-pyrrole nitrogens is 1. The lowest BCUT2D eigenvalue weighted by Gasteiger charge is -1.99. The van der Waals surface area contributed by atoms with E-state index in [4.69, 9.17) is 16.6 Å². The van der Waals surface area contributed by atoms with E-state index in [2.05, 4.69) is 36.2 Å². The first-order chi connectivity index (χ1) is 11.7. The monoisotopic (exact) mass is 350 g/mol. The molecule has 4 heteroatoms. The third kappa shape index (κ3) is 2.77. The van der Waals surface area contributed by atoms with E-state index in [1.165, 1.54) is 0 Å². The van der Waals surface area contributed by atoms with Gasteiger partial charge in [-0.2, -0.15) is 0 Å². The molecule has 4 rings (SSSR count). The predicted octanol–water partition coefficient (Wildman–Crippen LogP) is 6.43. The Labute approximate surface area is 149 Å². The Morgan fingerprint density at radius 2 is 1.58 bits per heavy atom. The zero-order valence-corrected chi connectivity index (χ0v) is 14.7. The number of hydrogen-bond donors (Lipinski definition) is 1. The molecule has 2 heterocycles. The van der Waals surface area contributed by atoms with Crippen LogP contribution in [0.25, 0.3) is 32.4 Å². The van der Waals surface area contributed by atoms with Crippen LogP contribution in [0.3, 0.4) is 0 Å². The van der Waals surface area contributed by atoms with E-state index >= 15 is 0 Å². The van der Waals surface area contributed by atoms with Crippen molar-refractivity contribution >= 4 is 22.9 Å². The maximum absolute atomic E-state index is 6.31. The first kappa shape index (κ1) is 15.2. The van der Waals surface area contributed by atoms with E-state index in [0.29, 0.717) is 0 Å². The van der Waals surface area contributed by atoms with Crippen molar-refractivity contribution in [2.24, 2.45) is 0 Å². The molecule has 0 spiro atoms. The molecule has 2 aromatic heterocycles. The lowest BCUT2D eigenvalue weighted by Crippen LogP contribution is -1.79. The van der Waals surface area contributed by atoms with Crippen LogP contribution < -0.4 is 0 Å². The molecule has 24 heavy (non-hydrogen) atoms. The van der Waals surface area contributed by atoms with Gasteiger partial charge >= 0.3 is 0 Å². The van der Waals surface area contributed by atoms with Crippen molar-refractivity contribution < 1.29 is 0 Å². The van der Waals surface area contributed by atoms with Gasteiger partial charge in [0.05, 0.1) is 10.6 Å². The molecular weight excluding hydrogens is 336 g/mol. The second-order valence-electron chi connectivity index (χ2n) is 5.57. The average Bonchev–Trinajstić information content (AvgIpc) is 3.23. The number of nitrogens with one attached hydrogen (secondary N) is 1. The van der Waals surface area contributed by atoms with Crippen LogP contribution in [0.15, 0.2) is 66.7 Å². The van der Waals surface area contributed by atoms with Crippen molar-refractivity contribution in [2.75, 3.05) is 0 Å². The quantitative estimate of drug-likeness (QED) is 0.453. The molecule has 0 aliphatic heterocycles. The summed E-state index contributed by atoms with van der Waals surface area (Å²) >= 11 is 8.00. The van der Waals surface area contributed by atoms with Crippen LogP contribution in [0, 0.1) is 6.92 Å². The first-order valence-electron chi connectivity index (χ1n) is 7.69. The summed E-state index contributed by atoms with van der Waals surface area (Å²) < 4.78 is 0. The molecule has 0 amide bonds. The number of aromatic nitrogens is 2. The predicted molar refractivity (Wildman–Crippen MR) is 103 cm³/mol. The van der Waals surface area contributed by atoms with Gasteiger partial charge in [-0.1, -0.05) is 60.1 Å². The summed E-state index contributed by atoms with van der Waals surface area (Å²) in [5.41, 5.74) is 4.25. The lowest BCUT2D eigenvalue weighted by molar-refractivity contribution is 1.26. The summed E-state index contributed by atoms with van der Waals surface area (Å²) in [5, 5.41) is 0.770. The Hall–Kier alpha value is -2.36. The summed E-state index contributed by atoms with van der Waals surface area (Å²) in [5.74, 6) is 0.898. The third-order valence-electron chi connectivity index (χ3n) is 3.91. The fourth-order valence-corrected chi connectivity index (χ4v) is 4.01.